The van der Waals surface area contributed by atoms with Crippen molar-refractivity contribution in [3.05, 3.63) is 76.3 Å². The molecule has 0 unspecified atom stereocenters. The molecule has 2 aromatic rings. The molecule has 2 rings (SSSR count). The van der Waals surface area contributed by atoms with Gasteiger partial charge in [-0.05, 0) is 47.1 Å². The van der Waals surface area contributed by atoms with Crippen molar-refractivity contribution in [1.82, 2.24) is 0 Å². The number of carbonyl (C=O) groups is 1. The summed E-state index contributed by atoms with van der Waals surface area (Å²) in [5, 5.41) is 10.3. The monoisotopic (exact) mass is 386 g/mol. The Hall–Kier alpha value is -2.33. The third-order valence-electron chi connectivity index (χ3n) is 3.37. The smallest absolute Gasteiger partial charge is 0.185 e. The molecule has 0 aliphatic rings. The molecular weight excluding hydrogens is 368 g/mol. The van der Waals surface area contributed by atoms with E-state index in [2.05, 4.69) is 22.5 Å². The number of halogens is 1. The summed E-state index contributed by atoms with van der Waals surface area (Å²) in [5.74, 6) is 0.480. The van der Waals surface area contributed by atoms with Gasteiger partial charge in [0.1, 0.15) is 16.0 Å². The Morgan fingerprint density at radius 1 is 1.25 bits per heavy atom. The first kappa shape index (κ1) is 18.0. The molecule has 0 aliphatic heterocycles. The summed E-state index contributed by atoms with van der Waals surface area (Å²) in [6.45, 7) is 6.26. The average Bonchev–Trinajstić information content (AvgIpc) is 2.58. The molecule has 1 N–H and O–H groups in total. The number of carbonyl (C=O) groups excluding carboxylic acids is 1. The number of hydrogen-bond donors (Lipinski definition) is 1. The maximum absolute atomic E-state index is 12.1. The van der Waals surface area contributed by atoms with Gasteiger partial charge in [0.25, 0.3) is 0 Å². The van der Waals surface area contributed by atoms with Crippen LogP contribution >= 0.6 is 15.9 Å². The number of phenolic OH excluding ortho intramolecular Hbond substituents is 1. The Kier molecular flexibility index (Phi) is 6.38. The molecule has 0 heterocycles. The number of rotatable bonds is 7. The lowest BCUT2D eigenvalue weighted by Gasteiger charge is -2.10. The Bertz CT molecular complexity index is 764. The summed E-state index contributed by atoms with van der Waals surface area (Å²) in [7, 11) is 0. The molecule has 0 saturated heterocycles. The summed E-state index contributed by atoms with van der Waals surface area (Å²) in [6.07, 6.45) is 3.78. The topological polar surface area (TPSA) is 46.5 Å². The van der Waals surface area contributed by atoms with Crippen molar-refractivity contribution in [1.29, 1.82) is 0 Å². The SMILES string of the molecule is C=C(C)CCOc1ccc(C=CC(=O)c2ccccc2)c(O)c1Br. The molecule has 0 fully saturated rings. The summed E-state index contributed by atoms with van der Waals surface area (Å²) in [5.41, 5.74) is 2.18. The fraction of sp³-hybridized carbons (Fsp3) is 0.150. The molecular formula is C20H19BrO3. The van der Waals surface area contributed by atoms with Crippen molar-refractivity contribution in [3.63, 3.8) is 0 Å². The van der Waals surface area contributed by atoms with Crippen molar-refractivity contribution in [2.75, 3.05) is 6.61 Å². The summed E-state index contributed by atoms with van der Waals surface area (Å²) in [4.78, 5) is 12.1. The minimum absolute atomic E-state index is 0.0416. The van der Waals surface area contributed by atoms with Crippen molar-refractivity contribution < 1.29 is 14.6 Å². The van der Waals surface area contributed by atoms with E-state index in [1.807, 2.05) is 25.1 Å². The van der Waals surface area contributed by atoms with Crippen molar-refractivity contribution in [2.45, 2.75) is 13.3 Å². The number of hydrogen-bond acceptors (Lipinski definition) is 3. The first-order valence-corrected chi connectivity index (χ1v) is 8.34. The van der Waals surface area contributed by atoms with Crippen LogP contribution in [0.4, 0.5) is 0 Å². The highest BCUT2D eigenvalue weighted by atomic mass is 79.9. The highest BCUT2D eigenvalue weighted by Gasteiger charge is 2.10. The second-order valence-corrected chi connectivity index (χ2v) is 6.23. The molecule has 0 atom stereocenters. The number of phenols is 1. The van der Waals surface area contributed by atoms with Gasteiger partial charge in [0.05, 0.1) is 6.61 Å². The van der Waals surface area contributed by atoms with Gasteiger partial charge in [-0.25, -0.2) is 0 Å². The highest BCUT2D eigenvalue weighted by molar-refractivity contribution is 9.10. The van der Waals surface area contributed by atoms with Crippen LogP contribution in [0.25, 0.3) is 6.08 Å². The van der Waals surface area contributed by atoms with E-state index in [1.54, 1.807) is 30.3 Å². The van der Waals surface area contributed by atoms with Gasteiger partial charge in [-0.15, -0.1) is 6.58 Å². The predicted octanol–water partition coefficient (Wildman–Crippen LogP) is 5.40. The molecule has 2 aromatic carbocycles. The number of ether oxygens (including phenoxy) is 1. The lowest BCUT2D eigenvalue weighted by molar-refractivity contribution is 0.104. The van der Waals surface area contributed by atoms with E-state index in [-0.39, 0.29) is 11.5 Å². The molecule has 124 valence electrons. The van der Waals surface area contributed by atoms with Crippen molar-refractivity contribution in [3.8, 4) is 11.5 Å². The zero-order valence-corrected chi connectivity index (χ0v) is 15.0. The van der Waals surface area contributed by atoms with E-state index in [9.17, 15) is 9.90 Å². The first-order valence-electron chi connectivity index (χ1n) is 7.55. The maximum atomic E-state index is 12.1. The van der Waals surface area contributed by atoms with E-state index < -0.39 is 0 Å². The number of aromatic hydroxyl groups is 1. The highest BCUT2D eigenvalue weighted by Crippen LogP contribution is 2.37. The van der Waals surface area contributed by atoms with Crippen LogP contribution in [0, 0.1) is 0 Å². The minimum atomic E-state index is -0.118. The van der Waals surface area contributed by atoms with Crippen LogP contribution < -0.4 is 4.74 Å². The van der Waals surface area contributed by atoms with Gasteiger partial charge in [-0.1, -0.05) is 35.9 Å². The maximum Gasteiger partial charge on any atom is 0.185 e. The van der Waals surface area contributed by atoms with Gasteiger partial charge in [-0.2, -0.15) is 0 Å². The lowest BCUT2D eigenvalue weighted by atomic mass is 10.1. The Labute approximate surface area is 150 Å². The average molecular weight is 387 g/mol. The van der Waals surface area contributed by atoms with Crippen LogP contribution in [0.5, 0.6) is 11.5 Å². The standard InChI is InChI=1S/C20H19BrO3/c1-14(2)12-13-24-18-11-9-16(20(23)19(18)21)8-10-17(22)15-6-4-3-5-7-15/h3-11,23H,1,12-13H2,2H3. The minimum Gasteiger partial charge on any atom is -0.506 e. The Morgan fingerprint density at radius 3 is 2.62 bits per heavy atom. The van der Waals surface area contributed by atoms with E-state index in [0.717, 1.165) is 12.0 Å². The van der Waals surface area contributed by atoms with Crippen LogP contribution in [0.15, 0.2) is 65.2 Å². The second kappa shape index (κ2) is 8.50. The Balaban J connectivity index is 2.11. The number of ketones is 1. The molecule has 3 nitrogen and oxygen atoms in total. The zero-order chi connectivity index (χ0) is 17.5. The fourth-order valence-corrected chi connectivity index (χ4v) is 2.48. The van der Waals surface area contributed by atoms with Crippen LogP contribution in [-0.4, -0.2) is 17.5 Å². The first-order chi connectivity index (χ1) is 11.5. The van der Waals surface area contributed by atoms with Crippen molar-refractivity contribution in [2.24, 2.45) is 0 Å². The molecule has 24 heavy (non-hydrogen) atoms. The Morgan fingerprint density at radius 2 is 1.96 bits per heavy atom. The van der Waals surface area contributed by atoms with E-state index >= 15 is 0 Å². The van der Waals surface area contributed by atoms with Gasteiger partial charge in [0.2, 0.25) is 0 Å². The van der Waals surface area contributed by atoms with Gasteiger partial charge in [0, 0.05) is 17.5 Å². The summed E-state index contributed by atoms with van der Waals surface area (Å²) in [6, 6.07) is 12.5. The van der Waals surface area contributed by atoms with Crippen LogP contribution in [0.1, 0.15) is 29.3 Å². The molecule has 0 bridgehead atoms. The molecule has 0 spiro atoms. The second-order valence-electron chi connectivity index (χ2n) is 5.43. The van der Waals surface area contributed by atoms with E-state index in [1.165, 1.54) is 6.08 Å². The molecule has 0 aliphatic carbocycles. The van der Waals surface area contributed by atoms with Gasteiger partial charge < -0.3 is 9.84 Å². The zero-order valence-electron chi connectivity index (χ0n) is 13.5. The molecule has 4 heteroatoms. The van der Waals surface area contributed by atoms with Crippen LogP contribution in [0.3, 0.4) is 0 Å². The normalized spacial score (nSPS) is 10.8. The lowest BCUT2D eigenvalue weighted by Crippen LogP contribution is -1.98. The summed E-state index contributed by atoms with van der Waals surface area (Å²) >= 11 is 3.33. The quantitative estimate of drug-likeness (QED) is 0.393. The van der Waals surface area contributed by atoms with Gasteiger partial charge >= 0.3 is 0 Å². The third kappa shape index (κ3) is 4.83. The summed E-state index contributed by atoms with van der Waals surface area (Å²) < 4.78 is 6.09. The van der Waals surface area contributed by atoms with E-state index in [0.29, 0.717) is 28.0 Å². The van der Waals surface area contributed by atoms with Crippen LogP contribution in [0.2, 0.25) is 0 Å². The molecule has 0 saturated carbocycles. The number of allylic oxidation sites excluding steroid dienone is 1. The number of benzene rings is 2. The van der Waals surface area contributed by atoms with Crippen molar-refractivity contribution >= 4 is 27.8 Å². The predicted molar refractivity (Wildman–Crippen MR) is 101 cm³/mol. The van der Waals surface area contributed by atoms with Crippen LogP contribution in [-0.2, 0) is 0 Å². The van der Waals surface area contributed by atoms with Gasteiger partial charge in [-0.3, -0.25) is 4.79 Å². The fourth-order valence-electron chi connectivity index (χ4n) is 2.01. The largest absolute Gasteiger partial charge is 0.506 e. The van der Waals surface area contributed by atoms with E-state index in [4.69, 9.17) is 4.74 Å². The van der Waals surface area contributed by atoms with Gasteiger partial charge in [0.15, 0.2) is 5.78 Å². The molecule has 0 radical (unpaired) electrons. The third-order valence-corrected chi connectivity index (χ3v) is 4.14. The molecule has 0 amide bonds. The molecule has 0 aromatic heterocycles.